The summed E-state index contributed by atoms with van der Waals surface area (Å²) in [5.74, 6) is -3.93. The predicted octanol–water partition coefficient (Wildman–Crippen LogP) is 0.00500. The molecule has 2 fully saturated rings. The van der Waals surface area contributed by atoms with Crippen LogP contribution in [0.25, 0.3) is 0 Å². The SMILES string of the molecule is CC(=O)N1CC(NC(=O)OCc2ccccc2)C(=O)N1C1(C(=O)O)CCC(=O)O1. The average molecular weight is 405 g/mol. The van der Waals surface area contributed by atoms with Crippen molar-refractivity contribution in [2.24, 2.45) is 0 Å². The molecule has 0 bridgehead atoms. The monoisotopic (exact) mass is 405 g/mol. The van der Waals surface area contributed by atoms with Crippen molar-refractivity contribution in [2.45, 2.75) is 38.1 Å². The van der Waals surface area contributed by atoms with Crippen molar-refractivity contribution in [1.82, 2.24) is 15.3 Å². The number of ether oxygens (including phenoxy) is 2. The fourth-order valence-corrected chi connectivity index (χ4v) is 3.21. The summed E-state index contributed by atoms with van der Waals surface area (Å²) in [7, 11) is 0. The summed E-state index contributed by atoms with van der Waals surface area (Å²) in [6.45, 7) is 0.772. The molecule has 0 spiro atoms. The Hall–Kier alpha value is -3.63. The molecule has 0 aliphatic carbocycles. The zero-order chi connectivity index (χ0) is 21.2. The number of nitrogens with zero attached hydrogens (tertiary/aromatic N) is 2. The van der Waals surface area contributed by atoms with Gasteiger partial charge in [0.2, 0.25) is 5.91 Å². The Labute approximate surface area is 165 Å². The van der Waals surface area contributed by atoms with E-state index in [-0.39, 0.29) is 26.0 Å². The lowest BCUT2D eigenvalue weighted by Crippen LogP contribution is -2.61. The lowest BCUT2D eigenvalue weighted by Gasteiger charge is -2.37. The Morgan fingerprint density at radius 3 is 2.52 bits per heavy atom. The van der Waals surface area contributed by atoms with Gasteiger partial charge >= 0.3 is 23.8 Å². The number of hydrogen-bond acceptors (Lipinski definition) is 7. The molecule has 11 nitrogen and oxygen atoms in total. The van der Waals surface area contributed by atoms with Gasteiger partial charge in [-0.25, -0.2) is 14.6 Å². The zero-order valence-corrected chi connectivity index (χ0v) is 15.5. The lowest BCUT2D eigenvalue weighted by atomic mass is 10.1. The highest BCUT2D eigenvalue weighted by atomic mass is 16.6. The number of aliphatic carboxylic acids is 1. The summed E-state index contributed by atoms with van der Waals surface area (Å²) in [6.07, 6.45) is -1.45. The second-order valence-corrected chi connectivity index (χ2v) is 6.57. The number of cyclic esters (lactones) is 1. The molecule has 0 saturated carbocycles. The van der Waals surface area contributed by atoms with Crippen LogP contribution in [0.3, 0.4) is 0 Å². The Bertz CT molecular complexity index is 858. The molecule has 154 valence electrons. The van der Waals surface area contributed by atoms with Crippen LogP contribution in [0, 0.1) is 0 Å². The number of esters is 1. The maximum absolute atomic E-state index is 12.8. The number of rotatable bonds is 5. The van der Waals surface area contributed by atoms with Gasteiger partial charge in [0, 0.05) is 13.3 Å². The quantitative estimate of drug-likeness (QED) is 0.652. The van der Waals surface area contributed by atoms with Crippen molar-refractivity contribution >= 4 is 29.8 Å². The van der Waals surface area contributed by atoms with Crippen molar-refractivity contribution in [1.29, 1.82) is 0 Å². The molecule has 29 heavy (non-hydrogen) atoms. The van der Waals surface area contributed by atoms with Crippen LogP contribution in [0.2, 0.25) is 0 Å². The zero-order valence-electron chi connectivity index (χ0n) is 15.5. The number of carboxylic acid groups (broad SMARTS) is 1. The predicted molar refractivity (Wildman–Crippen MR) is 93.5 cm³/mol. The topological polar surface area (TPSA) is 143 Å². The first-order valence-electron chi connectivity index (χ1n) is 8.79. The third kappa shape index (κ3) is 3.84. The molecule has 2 aliphatic rings. The normalized spacial score (nSPS) is 23.7. The number of nitrogens with one attached hydrogen (secondary N) is 1. The number of hydrazine groups is 1. The number of hydrogen-bond donors (Lipinski definition) is 2. The van der Waals surface area contributed by atoms with Gasteiger partial charge in [0.05, 0.1) is 13.0 Å². The molecule has 3 rings (SSSR count). The van der Waals surface area contributed by atoms with Gasteiger partial charge in [-0.2, -0.15) is 5.01 Å². The molecule has 2 heterocycles. The molecular weight excluding hydrogens is 386 g/mol. The average Bonchev–Trinajstić information content (AvgIpc) is 3.22. The lowest BCUT2D eigenvalue weighted by molar-refractivity contribution is -0.218. The van der Waals surface area contributed by atoms with Crippen molar-refractivity contribution in [2.75, 3.05) is 6.54 Å². The van der Waals surface area contributed by atoms with Crippen LogP contribution >= 0.6 is 0 Å². The van der Waals surface area contributed by atoms with Crippen LogP contribution in [0.1, 0.15) is 25.3 Å². The molecule has 0 radical (unpaired) electrons. The summed E-state index contributed by atoms with van der Waals surface area (Å²) < 4.78 is 9.99. The van der Waals surface area contributed by atoms with E-state index in [1.807, 2.05) is 0 Å². The molecule has 3 amide bonds. The van der Waals surface area contributed by atoms with Crippen LogP contribution in [0.4, 0.5) is 4.79 Å². The molecule has 2 unspecified atom stereocenters. The van der Waals surface area contributed by atoms with Crippen molar-refractivity contribution in [3.8, 4) is 0 Å². The molecule has 1 aromatic carbocycles. The summed E-state index contributed by atoms with van der Waals surface area (Å²) >= 11 is 0. The van der Waals surface area contributed by atoms with E-state index in [9.17, 15) is 29.1 Å². The molecule has 0 aromatic heterocycles. The maximum Gasteiger partial charge on any atom is 0.408 e. The minimum absolute atomic E-state index is 0.0373. The van der Waals surface area contributed by atoms with Crippen LogP contribution in [-0.4, -0.2) is 63.3 Å². The third-order valence-electron chi connectivity index (χ3n) is 4.60. The van der Waals surface area contributed by atoms with Gasteiger partial charge in [-0.1, -0.05) is 30.3 Å². The summed E-state index contributed by atoms with van der Waals surface area (Å²) in [6, 6.07) is 7.59. The van der Waals surface area contributed by atoms with E-state index in [2.05, 4.69) is 5.32 Å². The van der Waals surface area contributed by atoms with Gasteiger partial charge in [0.1, 0.15) is 12.6 Å². The number of carboxylic acids is 1. The minimum Gasteiger partial charge on any atom is -0.477 e. The van der Waals surface area contributed by atoms with Crippen molar-refractivity contribution < 1.29 is 38.6 Å². The summed E-state index contributed by atoms with van der Waals surface area (Å²) in [4.78, 5) is 60.3. The fraction of sp³-hybridized carbons (Fsp3) is 0.389. The van der Waals surface area contributed by atoms with E-state index in [0.717, 1.165) is 17.5 Å². The first kappa shape index (κ1) is 20.1. The molecule has 2 atom stereocenters. The van der Waals surface area contributed by atoms with Crippen LogP contribution < -0.4 is 5.32 Å². The van der Waals surface area contributed by atoms with E-state index in [4.69, 9.17) is 9.47 Å². The number of amides is 3. The number of carbonyl (C=O) groups is 5. The van der Waals surface area contributed by atoms with E-state index in [1.165, 1.54) is 0 Å². The fourth-order valence-electron chi connectivity index (χ4n) is 3.21. The molecular formula is C18H19N3O8. The molecule has 2 saturated heterocycles. The minimum atomic E-state index is -2.33. The Morgan fingerprint density at radius 2 is 1.97 bits per heavy atom. The van der Waals surface area contributed by atoms with Crippen molar-refractivity contribution in [3.63, 3.8) is 0 Å². The van der Waals surface area contributed by atoms with E-state index < -0.39 is 41.6 Å². The largest absolute Gasteiger partial charge is 0.477 e. The van der Waals surface area contributed by atoms with E-state index in [0.29, 0.717) is 5.01 Å². The Morgan fingerprint density at radius 1 is 1.28 bits per heavy atom. The number of alkyl carbamates (subject to hydrolysis) is 1. The van der Waals surface area contributed by atoms with Gasteiger partial charge in [-0.3, -0.25) is 14.4 Å². The van der Waals surface area contributed by atoms with Gasteiger partial charge in [0.25, 0.3) is 5.91 Å². The summed E-state index contributed by atoms with van der Waals surface area (Å²) in [5.41, 5.74) is -1.60. The third-order valence-corrected chi connectivity index (χ3v) is 4.60. The van der Waals surface area contributed by atoms with Gasteiger partial charge in [-0.05, 0) is 5.56 Å². The molecule has 2 N–H and O–H groups in total. The maximum atomic E-state index is 12.8. The van der Waals surface area contributed by atoms with E-state index >= 15 is 0 Å². The highest BCUT2D eigenvalue weighted by molar-refractivity contribution is 5.96. The first-order chi connectivity index (χ1) is 13.7. The van der Waals surface area contributed by atoms with Crippen LogP contribution in [-0.2, 0) is 35.3 Å². The smallest absolute Gasteiger partial charge is 0.408 e. The highest BCUT2D eigenvalue weighted by Gasteiger charge is 2.61. The van der Waals surface area contributed by atoms with Gasteiger partial charge in [-0.15, -0.1) is 0 Å². The van der Waals surface area contributed by atoms with Crippen LogP contribution in [0.5, 0.6) is 0 Å². The Kier molecular flexibility index (Phi) is 5.39. The highest BCUT2D eigenvalue weighted by Crippen LogP contribution is 2.35. The molecule has 2 aliphatic heterocycles. The summed E-state index contributed by atoms with van der Waals surface area (Å²) in [5, 5.41) is 13.4. The van der Waals surface area contributed by atoms with E-state index in [1.54, 1.807) is 30.3 Å². The second kappa shape index (κ2) is 7.78. The second-order valence-electron chi connectivity index (χ2n) is 6.57. The number of benzene rings is 1. The van der Waals surface area contributed by atoms with Gasteiger partial charge < -0.3 is 19.9 Å². The standard InChI is InChI=1S/C18H19N3O8/c1-11(22)20-9-13(19-17(27)28-10-12-5-3-2-4-6-12)15(24)21(20)18(16(25)26)8-7-14(23)29-18/h2-6,13H,7-10H2,1H3,(H,19,27)(H,25,26). The first-order valence-corrected chi connectivity index (χ1v) is 8.79. The van der Waals surface area contributed by atoms with Crippen LogP contribution in [0.15, 0.2) is 30.3 Å². The van der Waals surface area contributed by atoms with Crippen molar-refractivity contribution in [3.05, 3.63) is 35.9 Å². The molecule has 1 aromatic rings. The van der Waals surface area contributed by atoms with Gasteiger partial charge in [0.15, 0.2) is 0 Å². The molecule has 11 heteroatoms. The number of carbonyl (C=O) groups excluding carboxylic acids is 4. The Balaban J connectivity index is 1.74.